The van der Waals surface area contributed by atoms with Crippen LogP contribution in [0.4, 0.5) is 0 Å². The van der Waals surface area contributed by atoms with Crippen LogP contribution < -0.4 is 5.73 Å². The number of aryl methyl sites for hydroxylation is 1. The van der Waals surface area contributed by atoms with Gasteiger partial charge < -0.3 is 5.73 Å². The van der Waals surface area contributed by atoms with E-state index in [2.05, 4.69) is 35.9 Å². The lowest BCUT2D eigenvalue weighted by atomic mass is 9.98. The average Bonchev–Trinajstić information content (AvgIpc) is 2.70. The van der Waals surface area contributed by atoms with Crippen molar-refractivity contribution in [3.05, 3.63) is 57.8 Å². The molecule has 1 heterocycles. The summed E-state index contributed by atoms with van der Waals surface area (Å²) >= 11 is 1.69. The minimum atomic E-state index is 0.0162. The molecule has 1 atom stereocenters. The Morgan fingerprint density at radius 3 is 2.64 bits per heavy atom. The van der Waals surface area contributed by atoms with Gasteiger partial charge in [-0.05, 0) is 40.4 Å². The molecule has 1 unspecified atom stereocenters. The van der Waals surface area contributed by atoms with E-state index in [1.54, 1.807) is 11.3 Å². The molecule has 1 aromatic heterocycles. The Kier molecular flexibility index (Phi) is 2.66. The summed E-state index contributed by atoms with van der Waals surface area (Å²) in [5.74, 6) is 0. The molecule has 0 radical (unpaired) electrons. The lowest BCUT2D eigenvalue weighted by molar-refractivity contribution is 0.867. The highest BCUT2D eigenvalue weighted by atomic mass is 32.1. The van der Waals surface area contributed by atoms with E-state index in [9.17, 15) is 0 Å². The van der Waals surface area contributed by atoms with Crippen LogP contribution in [0.3, 0.4) is 0 Å². The smallest absolute Gasteiger partial charge is 0.0562 e. The molecule has 0 amide bonds. The van der Waals surface area contributed by atoms with Crippen LogP contribution in [0.15, 0.2) is 41.1 Å². The van der Waals surface area contributed by atoms with Crippen molar-refractivity contribution in [3.8, 4) is 0 Å². The van der Waals surface area contributed by atoms with Gasteiger partial charge >= 0.3 is 0 Å². The van der Waals surface area contributed by atoms with E-state index < -0.39 is 0 Å². The highest BCUT2D eigenvalue weighted by Crippen LogP contribution is 2.23. The molecule has 14 heavy (non-hydrogen) atoms. The van der Waals surface area contributed by atoms with Crippen molar-refractivity contribution in [2.75, 3.05) is 0 Å². The molecule has 72 valence electrons. The minimum Gasteiger partial charge on any atom is -0.320 e. The second kappa shape index (κ2) is 3.95. The van der Waals surface area contributed by atoms with Crippen LogP contribution in [0.5, 0.6) is 0 Å². The lowest BCUT2D eigenvalue weighted by Crippen LogP contribution is -2.12. The summed E-state index contributed by atoms with van der Waals surface area (Å²) in [5.41, 5.74) is 9.84. The van der Waals surface area contributed by atoms with Gasteiger partial charge in [-0.15, -0.1) is 0 Å². The summed E-state index contributed by atoms with van der Waals surface area (Å²) in [6.45, 7) is 2.10. The maximum atomic E-state index is 6.17. The Labute approximate surface area is 88.2 Å². The van der Waals surface area contributed by atoms with Gasteiger partial charge in [0.25, 0.3) is 0 Å². The molecule has 0 spiro atoms. The summed E-state index contributed by atoms with van der Waals surface area (Å²) in [5, 5.41) is 4.17. The maximum Gasteiger partial charge on any atom is 0.0562 e. The Bertz CT molecular complexity index is 406. The first kappa shape index (κ1) is 9.44. The first-order chi connectivity index (χ1) is 6.79. The lowest BCUT2D eigenvalue weighted by Gasteiger charge is -2.12. The quantitative estimate of drug-likeness (QED) is 0.797. The van der Waals surface area contributed by atoms with Crippen LogP contribution in [0.1, 0.15) is 22.7 Å². The zero-order chi connectivity index (χ0) is 9.97. The number of thiophene rings is 1. The van der Waals surface area contributed by atoms with Crippen molar-refractivity contribution in [1.82, 2.24) is 0 Å². The van der Waals surface area contributed by atoms with Gasteiger partial charge in [-0.1, -0.05) is 24.3 Å². The van der Waals surface area contributed by atoms with Gasteiger partial charge in [-0.2, -0.15) is 11.3 Å². The Hall–Kier alpha value is -1.12. The third-order valence-electron chi connectivity index (χ3n) is 2.43. The highest BCUT2D eigenvalue weighted by Gasteiger charge is 2.10. The molecule has 0 fully saturated rings. The number of hydrogen-bond donors (Lipinski definition) is 1. The molecule has 2 rings (SSSR count). The standard InChI is InChI=1S/C12H13NS/c1-9-4-2-3-5-11(9)12(13)10-6-7-14-8-10/h2-8,12H,13H2,1H3. The van der Waals surface area contributed by atoms with E-state index in [0.29, 0.717) is 0 Å². The van der Waals surface area contributed by atoms with E-state index in [4.69, 9.17) is 5.73 Å². The fourth-order valence-electron chi connectivity index (χ4n) is 1.57. The monoisotopic (exact) mass is 203 g/mol. The largest absolute Gasteiger partial charge is 0.320 e. The van der Waals surface area contributed by atoms with Crippen molar-refractivity contribution in [1.29, 1.82) is 0 Å². The normalized spacial score (nSPS) is 12.7. The number of benzene rings is 1. The molecule has 0 aliphatic carbocycles. The minimum absolute atomic E-state index is 0.0162. The summed E-state index contributed by atoms with van der Waals surface area (Å²) < 4.78 is 0. The second-order valence-corrected chi connectivity index (χ2v) is 4.17. The van der Waals surface area contributed by atoms with Gasteiger partial charge in [0.15, 0.2) is 0 Å². The molecule has 2 aromatic rings. The second-order valence-electron chi connectivity index (χ2n) is 3.39. The molecule has 0 aliphatic rings. The fraction of sp³-hybridized carbons (Fsp3) is 0.167. The molecule has 0 aliphatic heterocycles. The fourth-order valence-corrected chi connectivity index (χ4v) is 2.26. The molecule has 0 saturated heterocycles. The number of hydrogen-bond acceptors (Lipinski definition) is 2. The third kappa shape index (κ3) is 1.72. The highest BCUT2D eigenvalue weighted by molar-refractivity contribution is 7.08. The van der Waals surface area contributed by atoms with Crippen molar-refractivity contribution >= 4 is 11.3 Å². The molecule has 1 nitrogen and oxygen atoms in total. The summed E-state index contributed by atoms with van der Waals surface area (Å²) in [6.07, 6.45) is 0. The molecule has 2 N–H and O–H groups in total. The molecule has 2 heteroatoms. The predicted octanol–water partition coefficient (Wildman–Crippen LogP) is 3.10. The van der Waals surface area contributed by atoms with E-state index in [1.165, 1.54) is 16.7 Å². The summed E-state index contributed by atoms with van der Waals surface area (Å²) in [7, 11) is 0. The topological polar surface area (TPSA) is 26.0 Å². The van der Waals surface area contributed by atoms with Gasteiger partial charge in [-0.25, -0.2) is 0 Å². The Morgan fingerprint density at radius 1 is 1.21 bits per heavy atom. The molecule has 0 bridgehead atoms. The van der Waals surface area contributed by atoms with Crippen LogP contribution >= 0.6 is 11.3 Å². The van der Waals surface area contributed by atoms with Gasteiger partial charge in [0, 0.05) is 0 Å². The van der Waals surface area contributed by atoms with Crippen LogP contribution in [-0.4, -0.2) is 0 Å². The van der Waals surface area contributed by atoms with Gasteiger partial charge in [0.05, 0.1) is 6.04 Å². The first-order valence-electron chi connectivity index (χ1n) is 4.62. The average molecular weight is 203 g/mol. The van der Waals surface area contributed by atoms with Crippen LogP contribution in [0.2, 0.25) is 0 Å². The summed E-state index contributed by atoms with van der Waals surface area (Å²) in [4.78, 5) is 0. The zero-order valence-electron chi connectivity index (χ0n) is 8.10. The van der Waals surface area contributed by atoms with Crippen LogP contribution in [0, 0.1) is 6.92 Å². The van der Waals surface area contributed by atoms with E-state index >= 15 is 0 Å². The molecule has 0 saturated carbocycles. The van der Waals surface area contributed by atoms with Gasteiger partial charge in [0.2, 0.25) is 0 Å². The first-order valence-corrected chi connectivity index (χ1v) is 5.56. The van der Waals surface area contributed by atoms with E-state index in [-0.39, 0.29) is 6.04 Å². The van der Waals surface area contributed by atoms with Crippen molar-refractivity contribution in [2.24, 2.45) is 5.73 Å². The van der Waals surface area contributed by atoms with Gasteiger partial charge in [0.1, 0.15) is 0 Å². The van der Waals surface area contributed by atoms with Crippen molar-refractivity contribution < 1.29 is 0 Å². The number of nitrogens with two attached hydrogens (primary N) is 1. The van der Waals surface area contributed by atoms with Crippen LogP contribution in [-0.2, 0) is 0 Å². The molecular formula is C12H13NS. The number of rotatable bonds is 2. The van der Waals surface area contributed by atoms with Crippen molar-refractivity contribution in [3.63, 3.8) is 0 Å². The Balaban J connectivity index is 2.37. The maximum absolute atomic E-state index is 6.17. The van der Waals surface area contributed by atoms with Gasteiger partial charge in [-0.3, -0.25) is 0 Å². The zero-order valence-corrected chi connectivity index (χ0v) is 8.92. The van der Waals surface area contributed by atoms with E-state index in [1.807, 2.05) is 12.1 Å². The molecular weight excluding hydrogens is 190 g/mol. The van der Waals surface area contributed by atoms with Crippen LogP contribution in [0.25, 0.3) is 0 Å². The van der Waals surface area contributed by atoms with Crippen molar-refractivity contribution in [2.45, 2.75) is 13.0 Å². The predicted molar refractivity (Wildman–Crippen MR) is 61.5 cm³/mol. The third-order valence-corrected chi connectivity index (χ3v) is 3.13. The SMILES string of the molecule is Cc1ccccc1C(N)c1ccsc1. The molecule has 1 aromatic carbocycles. The van der Waals surface area contributed by atoms with E-state index in [0.717, 1.165) is 0 Å². The Morgan fingerprint density at radius 2 is 2.00 bits per heavy atom. The summed E-state index contributed by atoms with van der Waals surface area (Å²) in [6, 6.07) is 10.4.